The third-order valence-corrected chi connectivity index (χ3v) is 3.75. The number of hydrogen-bond donors (Lipinski definition) is 1. The lowest BCUT2D eigenvalue weighted by Gasteiger charge is -2.24. The smallest absolute Gasteiger partial charge is 0.0794 e. The van der Waals surface area contributed by atoms with Gasteiger partial charge in [0.15, 0.2) is 0 Å². The van der Waals surface area contributed by atoms with Gasteiger partial charge in [0.1, 0.15) is 0 Å². The molecule has 1 aliphatic carbocycles. The van der Waals surface area contributed by atoms with E-state index < -0.39 is 0 Å². The third-order valence-electron chi connectivity index (χ3n) is 2.97. The number of hydrogen-bond acceptors (Lipinski definition) is 4. The van der Waals surface area contributed by atoms with Gasteiger partial charge in [0.25, 0.3) is 0 Å². The molecule has 1 heterocycles. The van der Waals surface area contributed by atoms with Crippen LogP contribution in [-0.4, -0.2) is 36.6 Å². The van der Waals surface area contributed by atoms with Crippen molar-refractivity contribution in [3.8, 4) is 0 Å². The summed E-state index contributed by atoms with van der Waals surface area (Å²) in [6.07, 6.45) is 4.76. The topological polar surface area (TPSA) is 28.2 Å². The first-order chi connectivity index (χ1) is 7.27. The fraction of sp³-hybridized carbons (Fsp3) is 0.727. The number of likely N-dealkylation sites (N-methyl/N-ethyl adjacent to an activating group) is 1. The molecule has 0 spiro atoms. The predicted molar refractivity (Wildman–Crippen MR) is 64.0 cm³/mol. The molecule has 4 heteroatoms. The Labute approximate surface area is 95.5 Å². The summed E-state index contributed by atoms with van der Waals surface area (Å²) in [4.78, 5) is 7.74. The number of nitrogens with zero attached hydrogens (tertiary/aromatic N) is 2. The molecular weight excluding hydrogens is 206 g/mol. The summed E-state index contributed by atoms with van der Waals surface area (Å²) in [5.74, 6) is 0.925. The first-order valence-electron chi connectivity index (χ1n) is 5.52. The molecule has 1 aliphatic rings. The van der Waals surface area contributed by atoms with Gasteiger partial charge in [0, 0.05) is 30.2 Å². The zero-order chi connectivity index (χ0) is 10.7. The maximum absolute atomic E-state index is 4.07. The van der Waals surface area contributed by atoms with Gasteiger partial charge in [-0.3, -0.25) is 4.98 Å². The highest BCUT2D eigenvalue weighted by Gasteiger charge is 2.31. The highest BCUT2D eigenvalue weighted by atomic mass is 32.1. The highest BCUT2D eigenvalue weighted by molar-refractivity contribution is 7.09. The Morgan fingerprint density at radius 3 is 2.93 bits per heavy atom. The lowest BCUT2D eigenvalue weighted by molar-refractivity contribution is 0.255. The Morgan fingerprint density at radius 1 is 1.60 bits per heavy atom. The van der Waals surface area contributed by atoms with E-state index in [2.05, 4.69) is 29.3 Å². The van der Waals surface area contributed by atoms with E-state index in [1.165, 1.54) is 17.7 Å². The quantitative estimate of drug-likeness (QED) is 0.796. The van der Waals surface area contributed by atoms with Crippen LogP contribution in [0, 0.1) is 5.92 Å². The molecule has 1 aromatic rings. The van der Waals surface area contributed by atoms with Crippen LogP contribution in [0.4, 0.5) is 0 Å². The molecular formula is C11H19N3S. The fourth-order valence-corrected chi connectivity index (χ4v) is 2.49. The van der Waals surface area contributed by atoms with Crippen molar-refractivity contribution in [3.63, 3.8) is 0 Å². The molecule has 1 unspecified atom stereocenters. The van der Waals surface area contributed by atoms with Gasteiger partial charge in [-0.1, -0.05) is 0 Å². The summed E-state index contributed by atoms with van der Waals surface area (Å²) in [6, 6.07) is 0.706. The molecule has 0 aliphatic heterocycles. The minimum atomic E-state index is 0.706. The third kappa shape index (κ3) is 3.26. The summed E-state index contributed by atoms with van der Waals surface area (Å²) >= 11 is 1.72. The van der Waals surface area contributed by atoms with Crippen molar-refractivity contribution in [1.29, 1.82) is 0 Å². The monoisotopic (exact) mass is 225 g/mol. The normalized spacial score (nSPS) is 18.3. The Hall–Kier alpha value is -0.450. The van der Waals surface area contributed by atoms with E-state index in [0.29, 0.717) is 6.04 Å². The van der Waals surface area contributed by atoms with E-state index in [1.54, 1.807) is 11.3 Å². The van der Waals surface area contributed by atoms with Crippen molar-refractivity contribution in [3.05, 3.63) is 16.6 Å². The van der Waals surface area contributed by atoms with Crippen LogP contribution in [0.5, 0.6) is 0 Å². The van der Waals surface area contributed by atoms with Gasteiger partial charge in [-0.05, 0) is 32.9 Å². The minimum absolute atomic E-state index is 0.706. The molecule has 3 nitrogen and oxygen atoms in total. The van der Waals surface area contributed by atoms with E-state index in [-0.39, 0.29) is 0 Å². The largest absolute Gasteiger partial charge is 0.310 e. The van der Waals surface area contributed by atoms with E-state index in [1.807, 2.05) is 11.7 Å². The molecule has 0 amide bonds. The lowest BCUT2D eigenvalue weighted by Crippen LogP contribution is -2.39. The first kappa shape index (κ1) is 11.0. The molecule has 0 radical (unpaired) electrons. The number of nitrogens with one attached hydrogen (secondary N) is 1. The van der Waals surface area contributed by atoms with E-state index in [0.717, 1.165) is 19.0 Å². The SMILES string of the molecule is CN(C)C(CNCc1cncs1)C1CC1. The van der Waals surface area contributed by atoms with E-state index in [4.69, 9.17) is 0 Å². The average molecular weight is 225 g/mol. The molecule has 1 saturated carbocycles. The van der Waals surface area contributed by atoms with Crippen LogP contribution in [0.3, 0.4) is 0 Å². The Balaban J connectivity index is 1.71. The van der Waals surface area contributed by atoms with Gasteiger partial charge in [-0.2, -0.15) is 0 Å². The number of thiazole rings is 1. The molecule has 0 bridgehead atoms. The van der Waals surface area contributed by atoms with Crippen LogP contribution in [0.1, 0.15) is 17.7 Å². The lowest BCUT2D eigenvalue weighted by atomic mass is 10.1. The van der Waals surface area contributed by atoms with Gasteiger partial charge in [-0.25, -0.2) is 0 Å². The van der Waals surface area contributed by atoms with Crippen molar-refractivity contribution in [2.45, 2.75) is 25.4 Å². The van der Waals surface area contributed by atoms with Crippen LogP contribution in [0.2, 0.25) is 0 Å². The molecule has 1 N–H and O–H groups in total. The van der Waals surface area contributed by atoms with Crippen molar-refractivity contribution in [2.24, 2.45) is 5.92 Å². The first-order valence-corrected chi connectivity index (χ1v) is 6.40. The minimum Gasteiger partial charge on any atom is -0.310 e. The summed E-state index contributed by atoms with van der Waals surface area (Å²) < 4.78 is 0. The maximum Gasteiger partial charge on any atom is 0.0794 e. The van der Waals surface area contributed by atoms with Crippen LogP contribution >= 0.6 is 11.3 Å². The van der Waals surface area contributed by atoms with Crippen molar-refractivity contribution in [2.75, 3.05) is 20.6 Å². The van der Waals surface area contributed by atoms with Crippen molar-refractivity contribution >= 4 is 11.3 Å². The molecule has 84 valence electrons. The zero-order valence-corrected chi connectivity index (χ0v) is 10.3. The molecule has 1 atom stereocenters. The van der Waals surface area contributed by atoms with E-state index in [9.17, 15) is 0 Å². The molecule has 2 rings (SSSR count). The molecule has 15 heavy (non-hydrogen) atoms. The highest BCUT2D eigenvalue weighted by Crippen LogP contribution is 2.34. The van der Waals surface area contributed by atoms with Crippen molar-refractivity contribution in [1.82, 2.24) is 15.2 Å². The van der Waals surface area contributed by atoms with Gasteiger partial charge in [0.05, 0.1) is 5.51 Å². The Morgan fingerprint density at radius 2 is 2.40 bits per heavy atom. The Bertz CT molecular complexity index is 278. The van der Waals surface area contributed by atoms with Gasteiger partial charge in [0.2, 0.25) is 0 Å². The second-order valence-electron chi connectivity index (χ2n) is 4.47. The van der Waals surface area contributed by atoms with Gasteiger partial charge >= 0.3 is 0 Å². The maximum atomic E-state index is 4.07. The molecule has 1 fully saturated rings. The molecule has 1 aromatic heterocycles. The van der Waals surface area contributed by atoms with Gasteiger partial charge in [-0.15, -0.1) is 11.3 Å². The average Bonchev–Trinajstić information content (AvgIpc) is 2.89. The predicted octanol–water partition coefficient (Wildman–Crippen LogP) is 1.57. The van der Waals surface area contributed by atoms with Gasteiger partial charge < -0.3 is 10.2 Å². The summed E-state index contributed by atoms with van der Waals surface area (Å²) in [7, 11) is 4.36. The fourth-order valence-electron chi connectivity index (χ4n) is 1.92. The second kappa shape index (κ2) is 5.05. The van der Waals surface area contributed by atoms with Crippen molar-refractivity contribution < 1.29 is 0 Å². The van der Waals surface area contributed by atoms with Crippen LogP contribution < -0.4 is 5.32 Å². The standard InChI is InChI=1S/C11H19N3S/c1-14(2)11(9-3-4-9)7-12-5-10-6-13-8-15-10/h6,8-9,11-12H,3-5,7H2,1-2H3. The van der Waals surface area contributed by atoms with E-state index >= 15 is 0 Å². The summed E-state index contributed by atoms with van der Waals surface area (Å²) in [5, 5.41) is 3.52. The van der Waals surface area contributed by atoms with Crippen LogP contribution in [0.15, 0.2) is 11.7 Å². The van der Waals surface area contributed by atoms with Crippen LogP contribution in [-0.2, 0) is 6.54 Å². The molecule has 0 aromatic carbocycles. The zero-order valence-electron chi connectivity index (χ0n) is 9.44. The molecule has 0 saturated heterocycles. The number of aromatic nitrogens is 1. The Kier molecular flexibility index (Phi) is 3.72. The summed E-state index contributed by atoms with van der Waals surface area (Å²) in [6.45, 7) is 2.05. The number of rotatable bonds is 6. The van der Waals surface area contributed by atoms with Crippen LogP contribution in [0.25, 0.3) is 0 Å². The second-order valence-corrected chi connectivity index (χ2v) is 5.44. The summed E-state index contributed by atoms with van der Waals surface area (Å²) in [5.41, 5.74) is 1.89.